The Morgan fingerprint density at radius 1 is 1.19 bits per heavy atom. The summed E-state index contributed by atoms with van der Waals surface area (Å²) in [5.74, 6) is 0.329. The average Bonchev–Trinajstić information content (AvgIpc) is 2.42. The maximum Gasteiger partial charge on any atom is 0.148 e. The summed E-state index contributed by atoms with van der Waals surface area (Å²) in [4.78, 5) is 0. The molecule has 0 unspecified atom stereocenters. The van der Waals surface area contributed by atoms with Crippen LogP contribution < -0.4 is 10.1 Å². The number of hydrogen-bond acceptors (Lipinski definition) is 2. The fourth-order valence-corrected chi connectivity index (χ4v) is 3.54. The number of hydrogen-bond donors (Lipinski definition) is 1. The second-order valence-electron chi connectivity index (χ2n) is 4.44. The van der Waals surface area contributed by atoms with Gasteiger partial charge in [0.2, 0.25) is 0 Å². The Hall–Kier alpha value is -0.620. The van der Waals surface area contributed by atoms with Gasteiger partial charge >= 0.3 is 0 Å². The SMILES string of the molecule is CNCc1cc(Br)c(OCc2cc(F)ccc2Cl)c(Br)c1. The van der Waals surface area contributed by atoms with Gasteiger partial charge in [-0.1, -0.05) is 11.6 Å². The molecule has 0 spiro atoms. The van der Waals surface area contributed by atoms with E-state index < -0.39 is 0 Å². The fraction of sp³-hybridized carbons (Fsp3) is 0.200. The summed E-state index contributed by atoms with van der Waals surface area (Å²) in [7, 11) is 1.89. The average molecular weight is 438 g/mol. The van der Waals surface area contributed by atoms with Crippen LogP contribution in [0.3, 0.4) is 0 Å². The molecule has 1 N–H and O–H groups in total. The number of ether oxygens (including phenoxy) is 1. The third-order valence-electron chi connectivity index (χ3n) is 2.82. The van der Waals surface area contributed by atoms with Crippen molar-refractivity contribution >= 4 is 43.5 Å². The lowest BCUT2D eigenvalue weighted by Gasteiger charge is -2.13. The van der Waals surface area contributed by atoms with Crippen molar-refractivity contribution in [2.24, 2.45) is 0 Å². The van der Waals surface area contributed by atoms with Crippen LogP contribution in [0.25, 0.3) is 0 Å². The molecule has 0 aliphatic rings. The first-order valence-corrected chi connectivity index (χ1v) is 8.17. The largest absolute Gasteiger partial charge is 0.486 e. The van der Waals surface area contributed by atoms with E-state index in [0.717, 1.165) is 21.1 Å². The molecular weight excluding hydrogens is 424 g/mol. The minimum absolute atomic E-state index is 0.194. The molecule has 21 heavy (non-hydrogen) atoms. The molecule has 0 aliphatic heterocycles. The van der Waals surface area contributed by atoms with Crippen molar-refractivity contribution in [1.29, 1.82) is 0 Å². The molecule has 2 rings (SSSR count). The van der Waals surface area contributed by atoms with Crippen LogP contribution in [0, 0.1) is 5.82 Å². The number of benzene rings is 2. The maximum atomic E-state index is 13.2. The third kappa shape index (κ3) is 4.42. The molecular formula is C15H13Br2ClFNO. The van der Waals surface area contributed by atoms with Gasteiger partial charge in [0.25, 0.3) is 0 Å². The highest BCUT2D eigenvalue weighted by Crippen LogP contribution is 2.35. The maximum absolute atomic E-state index is 13.2. The van der Waals surface area contributed by atoms with E-state index in [-0.39, 0.29) is 12.4 Å². The molecule has 0 heterocycles. The second-order valence-corrected chi connectivity index (χ2v) is 6.56. The lowest BCUT2D eigenvalue weighted by molar-refractivity contribution is 0.301. The van der Waals surface area contributed by atoms with Crippen molar-refractivity contribution in [1.82, 2.24) is 5.32 Å². The van der Waals surface area contributed by atoms with E-state index >= 15 is 0 Å². The highest BCUT2D eigenvalue weighted by molar-refractivity contribution is 9.11. The van der Waals surface area contributed by atoms with Gasteiger partial charge in [-0.2, -0.15) is 0 Å². The highest BCUT2D eigenvalue weighted by Gasteiger charge is 2.10. The second kappa shape index (κ2) is 7.58. The van der Waals surface area contributed by atoms with Crippen LogP contribution in [0.15, 0.2) is 39.3 Å². The third-order valence-corrected chi connectivity index (χ3v) is 4.37. The fourth-order valence-electron chi connectivity index (χ4n) is 1.86. The minimum Gasteiger partial charge on any atom is -0.486 e. The summed E-state index contributed by atoms with van der Waals surface area (Å²) in [6.07, 6.45) is 0. The molecule has 2 aromatic carbocycles. The monoisotopic (exact) mass is 435 g/mol. The van der Waals surface area contributed by atoms with Crippen molar-refractivity contribution < 1.29 is 9.13 Å². The predicted molar refractivity (Wildman–Crippen MR) is 90.3 cm³/mol. The van der Waals surface area contributed by atoms with Crippen LogP contribution >= 0.6 is 43.5 Å². The zero-order valence-corrected chi connectivity index (χ0v) is 15.1. The van der Waals surface area contributed by atoms with E-state index in [2.05, 4.69) is 37.2 Å². The zero-order valence-electron chi connectivity index (χ0n) is 11.2. The molecule has 2 nitrogen and oxygen atoms in total. The van der Waals surface area contributed by atoms with Gasteiger partial charge in [0.15, 0.2) is 0 Å². The number of nitrogens with one attached hydrogen (secondary N) is 1. The van der Waals surface area contributed by atoms with E-state index in [4.69, 9.17) is 16.3 Å². The van der Waals surface area contributed by atoms with Gasteiger partial charge in [0, 0.05) is 17.1 Å². The number of halogens is 4. The highest BCUT2D eigenvalue weighted by atomic mass is 79.9. The molecule has 0 fully saturated rings. The van der Waals surface area contributed by atoms with E-state index in [1.165, 1.54) is 18.2 Å². The lowest BCUT2D eigenvalue weighted by Crippen LogP contribution is -2.05. The van der Waals surface area contributed by atoms with Gasteiger partial charge in [0.05, 0.1) is 8.95 Å². The first-order chi connectivity index (χ1) is 10.0. The van der Waals surface area contributed by atoms with E-state index in [0.29, 0.717) is 16.3 Å². The van der Waals surface area contributed by atoms with E-state index in [9.17, 15) is 4.39 Å². The van der Waals surface area contributed by atoms with Crippen LogP contribution in [0.4, 0.5) is 4.39 Å². The zero-order chi connectivity index (χ0) is 15.4. The van der Waals surface area contributed by atoms with Crippen molar-refractivity contribution in [3.05, 3.63) is 61.2 Å². The van der Waals surface area contributed by atoms with Crippen LogP contribution in [-0.4, -0.2) is 7.05 Å². The summed E-state index contributed by atoms with van der Waals surface area (Å²) in [6, 6.07) is 8.17. The van der Waals surface area contributed by atoms with E-state index in [1.54, 1.807) is 0 Å². The molecule has 2 aromatic rings. The summed E-state index contributed by atoms with van der Waals surface area (Å²) in [6.45, 7) is 0.951. The molecule has 0 bridgehead atoms. The quantitative estimate of drug-likeness (QED) is 0.685. The lowest BCUT2D eigenvalue weighted by atomic mass is 10.2. The minimum atomic E-state index is -0.333. The Labute approximate surface area is 144 Å². The van der Waals surface area contributed by atoms with Crippen LogP contribution in [0.1, 0.15) is 11.1 Å². The summed E-state index contributed by atoms with van der Waals surface area (Å²) < 4.78 is 20.6. The molecule has 0 saturated carbocycles. The normalized spacial score (nSPS) is 10.7. The summed E-state index contributed by atoms with van der Waals surface area (Å²) >= 11 is 13.0. The van der Waals surface area contributed by atoms with Crippen molar-refractivity contribution in [3.63, 3.8) is 0 Å². The molecule has 0 amide bonds. The number of rotatable bonds is 5. The summed E-state index contributed by atoms with van der Waals surface area (Å²) in [5.41, 5.74) is 1.72. The van der Waals surface area contributed by atoms with Crippen molar-refractivity contribution in [2.75, 3.05) is 7.05 Å². The van der Waals surface area contributed by atoms with Gasteiger partial charge in [-0.3, -0.25) is 0 Å². The first-order valence-electron chi connectivity index (χ1n) is 6.20. The van der Waals surface area contributed by atoms with Gasteiger partial charge < -0.3 is 10.1 Å². The first kappa shape index (κ1) is 16.7. The Kier molecular flexibility index (Phi) is 6.05. The van der Waals surface area contributed by atoms with Gasteiger partial charge in [0.1, 0.15) is 18.2 Å². The van der Waals surface area contributed by atoms with E-state index in [1.807, 2.05) is 19.2 Å². The van der Waals surface area contributed by atoms with Crippen LogP contribution in [0.5, 0.6) is 5.75 Å². The molecule has 112 valence electrons. The van der Waals surface area contributed by atoms with Crippen LogP contribution in [0.2, 0.25) is 5.02 Å². The molecule has 0 saturated heterocycles. The van der Waals surface area contributed by atoms with Crippen LogP contribution in [-0.2, 0) is 13.2 Å². The topological polar surface area (TPSA) is 21.3 Å². The molecule has 0 aromatic heterocycles. The van der Waals surface area contributed by atoms with Crippen molar-refractivity contribution in [3.8, 4) is 5.75 Å². The van der Waals surface area contributed by atoms with Crippen molar-refractivity contribution in [2.45, 2.75) is 13.2 Å². The summed E-state index contributed by atoms with van der Waals surface area (Å²) in [5, 5.41) is 3.57. The standard InChI is InChI=1S/C15H13Br2ClFNO/c1-20-7-9-4-12(16)15(13(17)5-9)21-8-10-6-11(19)2-3-14(10)18/h2-6,20H,7-8H2,1H3. The smallest absolute Gasteiger partial charge is 0.148 e. The van der Waals surface area contributed by atoms with Gasteiger partial charge in [-0.25, -0.2) is 4.39 Å². The van der Waals surface area contributed by atoms with Gasteiger partial charge in [-0.05, 0) is 74.8 Å². The molecule has 0 atom stereocenters. The molecule has 0 radical (unpaired) electrons. The Balaban J connectivity index is 2.18. The predicted octanol–water partition coefficient (Wildman–Crippen LogP) is 5.30. The Morgan fingerprint density at radius 2 is 1.86 bits per heavy atom. The van der Waals surface area contributed by atoms with Gasteiger partial charge in [-0.15, -0.1) is 0 Å². The molecule has 0 aliphatic carbocycles. The Morgan fingerprint density at radius 3 is 2.48 bits per heavy atom. The molecule has 6 heteroatoms. The Bertz CT molecular complexity index is 629.